The molecule has 118 valence electrons. The van der Waals surface area contributed by atoms with Crippen LogP contribution in [-0.4, -0.2) is 36.1 Å². The molecule has 2 aromatic heterocycles. The van der Waals surface area contributed by atoms with Crippen molar-refractivity contribution >= 4 is 22.3 Å². The molecule has 0 amide bonds. The molecule has 0 spiro atoms. The van der Waals surface area contributed by atoms with Gasteiger partial charge in [-0.3, -0.25) is 0 Å². The molecule has 22 heavy (non-hydrogen) atoms. The molecule has 0 aliphatic carbocycles. The molecule has 0 bridgehead atoms. The van der Waals surface area contributed by atoms with Crippen LogP contribution in [0.2, 0.25) is 0 Å². The quantitative estimate of drug-likeness (QED) is 0.847. The molecule has 3 heterocycles. The fourth-order valence-electron chi connectivity index (χ4n) is 2.36. The Morgan fingerprint density at radius 3 is 2.36 bits per heavy atom. The minimum atomic E-state index is -4.32. The van der Waals surface area contributed by atoms with Gasteiger partial charge < -0.3 is 9.80 Å². The summed E-state index contributed by atoms with van der Waals surface area (Å²) < 4.78 is 37.9. The third-order valence-corrected chi connectivity index (χ3v) is 4.65. The van der Waals surface area contributed by atoms with Crippen molar-refractivity contribution in [3.05, 3.63) is 35.0 Å². The van der Waals surface area contributed by atoms with Gasteiger partial charge in [0.15, 0.2) is 5.13 Å². The summed E-state index contributed by atoms with van der Waals surface area (Å²) in [5.74, 6) is 0.912. The lowest BCUT2D eigenvalue weighted by Gasteiger charge is -2.35. The van der Waals surface area contributed by atoms with Crippen LogP contribution in [0.3, 0.4) is 0 Å². The Kier molecular flexibility index (Phi) is 3.94. The number of nitrogens with zero attached hydrogens (tertiary/aromatic N) is 4. The molecule has 1 aliphatic heterocycles. The molecule has 0 saturated carbocycles. The van der Waals surface area contributed by atoms with Crippen LogP contribution < -0.4 is 9.80 Å². The number of thiazole rings is 1. The predicted octanol–water partition coefficient (Wildman–Crippen LogP) is 3.19. The fraction of sp³-hybridized carbons (Fsp3) is 0.429. The normalized spacial score (nSPS) is 16.2. The van der Waals surface area contributed by atoms with E-state index in [-0.39, 0.29) is 0 Å². The third kappa shape index (κ3) is 3.16. The average molecular weight is 328 g/mol. The van der Waals surface area contributed by atoms with Gasteiger partial charge in [0.1, 0.15) is 10.7 Å². The summed E-state index contributed by atoms with van der Waals surface area (Å²) in [5.41, 5.74) is 1.14. The summed E-state index contributed by atoms with van der Waals surface area (Å²) in [6.45, 7) is 4.73. The average Bonchev–Trinajstić information content (AvgIpc) is 2.97. The first-order valence-corrected chi connectivity index (χ1v) is 7.71. The summed E-state index contributed by atoms with van der Waals surface area (Å²) in [6, 6.07) is 3.95. The van der Waals surface area contributed by atoms with Crippen molar-refractivity contribution in [2.24, 2.45) is 0 Å². The second-order valence-electron chi connectivity index (χ2n) is 5.17. The van der Waals surface area contributed by atoms with E-state index < -0.39 is 11.1 Å². The lowest BCUT2D eigenvalue weighted by atomic mass is 10.2. The minimum absolute atomic E-state index is 0.434. The van der Waals surface area contributed by atoms with Gasteiger partial charge in [-0.25, -0.2) is 9.97 Å². The van der Waals surface area contributed by atoms with E-state index in [9.17, 15) is 13.2 Å². The van der Waals surface area contributed by atoms with Crippen molar-refractivity contribution < 1.29 is 13.2 Å². The van der Waals surface area contributed by atoms with Crippen LogP contribution in [0.5, 0.6) is 0 Å². The molecule has 0 unspecified atom stereocenters. The monoisotopic (exact) mass is 328 g/mol. The van der Waals surface area contributed by atoms with E-state index in [2.05, 4.69) is 14.9 Å². The van der Waals surface area contributed by atoms with Gasteiger partial charge in [-0.05, 0) is 24.6 Å². The maximum Gasteiger partial charge on any atom is 0.427 e. The van der Waals surface area contributed by atoms with E-state index >= 15 is 0 Å². The molecule has 0 radical (unpaired) electrons. The maximum atomic E-state index is 12.6. The number of hydrogen-bond donors (Lipinski definition) is 0. The van der Waals surface area contributed by atoms with Crippen LogP contribution in [0.15, 0.2) is 24.5 Å². The first-order chi connectivity index (χ1) is 10.4. The van der Waals surface area contributed by atoms with E-state index in [0.29, 0.717) is 29.6 Å². The van der Waals surface area contributed by atoms with E-state index in [4.69, 9.17) is 0 Å². The number of alkyl halides is 3. The Balaban J connectivity index is 1.65. The first kappa shape index (κ1) is 15.1. The van der Waals surface area contributed by atoms with Gasteiger partial charge in [-0.1, -0.05) is 11.3 Å². The molecule has 1 aliphatic rings. The highest BCUT2D eigenvalue weighted by atomic mass is 32.1. The Bertz CT molecular complexity index is 648. The number of hydrogen-bond acceptors (Lipinski definition) is 5. The molecular formula is C14H15F3N4S. The van der Waals surface area contributed by atoms with E-state index in [1.807, 2.05) is 24.0 Å². The van der Waals surface area contributed by atoms with Crippen LogP contribution in [0.1, 0.15) is 10.4 Å². The Hall–Kier alpha value is -1.83. The van der Waals surface area contributed by atoms with Gasteiger partial charge in [0.05, 0.1) is 6.20 Å². The highest BCUT2D eigenvalue weighted by Gasteiger charge is 2.34. The lowest BCUT2D eigenvalue weighted by molar-refractivity contribution is -0.134. The third-order valence-electron chi connectivity index (χ3n) is 3.55. The maximum absolute atomic E-state index is 12.6. The van der Waals surface area contributed by atoms with Gasteiger partial charge in [-0.15, -0.1) is 0 Å². The summed E-state index contributed by atoms with van der Waals surface area (Å²) >= 11 is 0.702. The summed E-state index contributed by atoms with van der Waals surface area (Å²) in [5, 5.41) is 0.434. The molecule has 2 aromatic rings. The molecule has 0 N–H and O–H groups in total. The molecule has 3 rings (SSSR count). The lowest BCUT2D eigenvalue weighted by Crippen LogP contribution is -2.46. The molecule has 4 nitrogen and oxygen atoms in total. The van der Waals surface area contributed by atoms with Gasteiger partial charge in [-0.2, -0.15) is 13.2 Å². The topological polar surface area (TPSA) is 32.3 Å². The summed E-state index contributed by atoms with van der Waals surface area (Å²) in [6.07, 6.45) is -1.63. The summed E-state index contributed by atoms with van der Waals surface area (Å²) in [7, 11) is 0. The van der Waals surface area contributed by atoms with Crippen LogP contribution in [0.4, 0.5) is 24.1 Å². The standard InChI is InChI=1S/C14H15F3N4S/c1-10-2-3-18-12(8-10)20-4-6-21(7-5-20)13-19-9-11(22-13)14(15,16)17/h2-3,8-9H,4-7H2,1H3. The van der Waals surface area contributed by atoms with E-state index in [1.165, 1.54) is 0 Å². The molecule has 0 aromatic carbocycles. The zero-order valence-corrected chi connectivity index (χ0v) is 12.8. The van der Waals surface area contributed by atoms with Crippen molar-refractivity contribution in [3.8, 4) is 0 Å². The molecule has 1 saturated heterocycles. The van der Waals surface area contributed by atoms with Crippen molar-refractivity contribution in [1.82, 2.24) is 9.97 Å². The molecular weight excluding hydrogens is 313 g/mol. The highest BCUT2D eigenvalue weighted by molar-refractivity contribution is 7.15. The second kappa shape index (κ2) is 5.75. The Morgan fingerprint density at radius 1 is 1.09 bits per heavy atom. The minimum Gasteiger partial charge on any atom is -0.353 e. The molecule has 8 heteroatoms. The predicted molar refractivity (Wildman–Crippen MR) is 80.5 cm³/mol. The van der Waals surface area contributed by atoms with Crippen molar-refractivity contribution in [1.29, 1.82) is 0 Å². The van der Waals surface area contributed by atoms with Crippen LogP contribution in [0.25, 0.3) is 0 Å². The number of aryl methyl sites for hydroxylation is 1. The first-order valence-electron chi connectivity index (χ1n) is 6.89. The zero-order chi connectivity index (χ0) is 15.7. The Morgan fingerprint density at radius 2 is 1.77 bits per heavy atom. The Labute approximate surface area is 130 Å². The zero-order valence-electron chi connectivity index (χ0n) is 12.0. The van der Waals surface area contributed by atoms with Gasteiger partial charge in [0.25, 0.3) is 0 Å². The second-order valence-corrected chi connectivity index (χ2v) is 6.18. The number of aromatic nitrogens is 2. The number of anilines is 2. The number of pyridine rings is 1. The van der Waals surface area contributed by atoms with Crippen LogP contribution in [-0.2, 0) is 6.18 Å². The number of piperazine rings is 1. The SMILES string of the molecule is Cc1ccnc(N2CCN(c3ncc(C(F)(F)F)s3)CC2)c1. The van der Waals surface area contributed by atoms with Crippen molar-refractivity contribution in [3.63, 3.8) is 0 Å². The molecule has 0 atom stereocenters. The molecule has 1 fully saturated rings. The van der Waals surface area contributed by atoms with Gasteiger partial charge in [0, 0.05) is 32.4 Å². The van der Waals surface area contributed by atoms with E-state index in [0.717, 1.165) is 30.7 Å². The fourth-order valence-corrected chi connectivity index (χ4v) is 3.20. The van der Waals surface area contributed by atoms with Crippen molar-refractivity contribution in [2.45, 2.75) is 13.1 Å². The van der Waals surface area contributed by atoms with Gasteiger partial charge in [0.2, 0.25) is 0 Å². The van der Waals surface area contributed by atoms with Crippen LogP contribution in [0, 0.1) is 6.92 Å². The number of halogens is 3. The smallest absolute Gasteiger partial charge is 0.353 e. The van der Waals surface area contributed by atoms with Gasteiger partial charge >= 0.3 is 6.18 Å². The highest BCUT2D eigenvalue weighted by Crippen LogP contribution is 2.36. The van der Waals surface area contributed by atoms with E-state index in [1.54, 1.807) is 6.20 Å². The van der Waals surface area contributed by atoms with Crippen LogP contribution >= 0.6 is 11.3 Å². The summed E-state index contributed by atoms with van der Waals surface area (Å²) in [4.78, 5) is 11.6. The number of rotatable bonds is 2. The largest absolute Gasteiger partial charge is 0.427 e. The van der Waals surface area contributed by atoms with Crippen molar-refractivity contribution in [2.75, 3.05) is 36.0 Å².